The Hall–Kier alpha value is -2.96. The molecule has 0 amide bonds. The maximum atomic E-state index is 4.86. The van der Waals surface area contributed by atoms with E-state index < -0.39 is 0 Å². The van der Waals surface area contributed by atoms with Gasteiger partial charge in [0.2, 0.25) is 0 Å². The average Bonchev–Trinajstić information content (AvgIpc) is 2.85. The number of nitrogens with one attached hydrogen (secondary N) is 2. The van der Waals surface area contributed by atoms with Crippen molar-refractivity contribution in [2.45, 2.75) is 26.8 Å². The molecule has 6 heteroatoms. The van der Waals surface area contributed by atoms with Crippen LogP contribution in [-0.2, 0) is 6.54 Å². The van der Waals surface area contributed by atoms with E-state index in [1.807, 2.05) is 0 Å². The molecular weight excluding hydrogens is 408 g/mol. The Labute approximate surface area is 198 Å². The smallest absolute Gasteiger partial charge is 0.161 e. The van der Waals surface area contributed by atoms with Crippen LogP contribution < -0.4 is 15.5 Å². The molecule has 2 heterocycles. The Kier molecular flexibility index (Phi) is 7.92. The van der Waals surface area contributed by atoms with E-state index in [0.29, 0.717) is 0 Å². The van der Waals surface area contributed by atoms with E-state index in [0.717, 1.165) is 80.7 Å². The lowest BCUT2D eigenvalue weighted by Gasteiger charge is -2.34. The topological polar surface area (TPSA) is 56.3 Å². The summed E-state index contributed by atoms with van der Waals surface area (Å²) in [6, 6.07) is 19.2. The summed E-state index contributed by atoms with van der Waals surface area (Å²) in [6.45, 7) is 11.3. The van der Waals surface area contributed by atoms with Gasteiger partial charge in [0.15, 0.2) is 5.82 Å². The zero-order valence-corrected chi connectivity index (χ0v) is 20.1. The summed E-state index contributed by atoms with van der Waals surface area (Å²) >= 11 is 0. The summed E-state index contributed by atoms with van der Waals surface area (Å²) in [4.78, 5) is 14.4. The van der Waals surface area contributed by atoms with Gasteiger partial charge in [-0.1, -0.05) is 30.3 Å². The number of hydrogen-bond donors (Lipinski definition) is 2. The number of rotatable bonds is 9. The van der Waals surface area contributed by atoms with Gasteiger partial charge in [0, 0.05) is 61.8 Å². The molecule has 0 bridgehead atoms. The van der Waals surface area contributed by atoms with Crippen LogP contribution in [0.4, 0.5) is 11.5 Å². The van der Waals surface area contributed by atoms with Gasteiger partial charge in [-0.3, -0.25) is 0 Å². The molecule has 0 radical (unpaired) electrons. The summed E-state index contributed by atoms with van der Waals surface area (Å²) in [5.41, 5.74) is 5.79. The van der Waals surface area contributed by atoms with E-state index in [2.05, 4.69) is 95.9 Å². The normalized spacial score (nSPS) is 14.5. The number of hydrogen-bond acceptors (Lipinski definition) is 6. The van der Waals surface area contributed by atoms with E-state index >= 15 is 0 Å². The van der Waals surface area contributed by atoms with E-state index in [-0.39, 0.29) is 0 Å². The van der Waals surface area contributed by atoms with Gasteiger partial charge in [0.1, 0.15) is 5.82 Å². The standard InChI is InChI=1S/C27H36N6/c1-21-22(2)30-27(24-10-12-25(13-11-24)33-18-16-32(3)17-19-33)31-26(21)29-15-7-14-28-20-23-8-5-4-6-9-23/h4-6,8-13,28H,7,14-20H2,1-3H3,(H,29,30,31). The van der Waals surface area contributed by atoms with Gasteiger partial charge < -0.3 is 20.4 Å². The highest BCUT2D eigenvalue weighted by Gasteiger charge is 2.15. The van der Waals surface area contributed by atoms with E-state index in [4.69, 9.17) is 9.97 Å². The second-order valence-electron chi connectivity index (χ2n) is 8.89. The maximum absolute atomic E-state index is 4.86. The molecule has 1 aliphatic heterocycles. The maximum Gasteiger partial charge on any atom is 0.161 e. The Morgan fingerprint density at radius 2 is 1.58 bits per heavy atom. The van der Waals surface area contributed by atoms with Crippen LogP contribution in [0.3, 0.4) is 0 Å². The van der Waals surface area contributed by atoms with Crippen molar-refractivity contribution in [3.05, 3.63) is 71.4 Å². The molecule has 0 unspecified atom stereocenters. The third-order valence-electron chi connectivity index (χ3n) is 6.38. The first-order chi connectivity index (χ1) is 16.1. The number of aromatic nitrogens is 2. The summed E-state index contributed by atoms with van der Waals surface area (Å²) in [5.74, 6) is 1.72. The van der Waals surface area contributed by atoms with Gasteiger partial charge in [-0.05, 0) is 63.7 Å². The first kappa shape index (κ1) is 23.2. The van der Waals surface area contributed by atoms with Crippen molar-refractivity contribution in [3.8, 4) is 11.4 Å². The summed E-state index contributed by atoms with van der Waals surface area (Å²) in [7, 11) is 2.18. The second kappa shape index (κ2) is 11.3. The molecule has 3 aromatic rings. The zero-order chi connectivity index (χ0) is 23.0. The molecule has 2 aromatic carbocycles. The molecule has 1 aromatic heterocycles. The number of nitrogens with zero attached hydrogens (tertiary/aromatic N) is 4. The van der Waals surface area contributed by atoms with Crippen LogP contribution >= 0.6 is 0 Å². The highest BCUT2D eigenvalue weighted by atomic mass is 15.2. The third kappa shape index (κ3) is 6.30. The van der Waals surface area contributed by atoms with Crippen LogP contribution in [0, 0.1) is 13.8 Å². The number of benzene rings is 2. The van der Waals surface area contributed by atoms with Crippen LogP contribution in [0.1, 0.15) is 23.2 Å². The molecule has 0 spiro atoms. The lowest BCUT2D eigenvalue weighted by Crippen LogP contribution is -2.44. The molecule has 1 fully saturated rings. The Balaban J connectivity index is 1.32. The molecule has 1 saturated heterocycles. The summed E-state index contributed by atoms with van der Waals surface area (Å²) < 4.78 is 0. The first-order valence-electron chi connectivity index (χ1n) is 12.0. The van der Waals surface area contributed by atoms with Crippen molar-refractivity contribution in [2.75, 3.05) is 56.5 Å². The van der Waals surface area contributed by atoms with Gasteiger partial charge in [-0.15, -0.1) is 0 Å². The van der Waals surface area contributed by atoms with Crippen LogP contribution in [0.25, 0.3) is 11.4 Å². The summed E-state index contributed by atoms with van der Waals surface area (Å²) in [5, 5.41) is 7.03. The lowest BCUT2D eigenvalue weighted by molar-refractivity contribution is 0.313. The highest BCUT2D eigenvalue weighted by Crippen LogP contribution is 2.25. The van der Waals surface area contributed by atoms with Gasteiger partial charge in [0.05, 0.1) is 0 Å². The monoisotopic (exact) mass is 444 g/mol. The largest absolute Gasteiger partial charge is 0.370 e. The van der Waals surface area contributed by atoms with Crippen molar-refractivity contribution in [1.29, 1.82) is 0 Å². The van der Waals surface area contributed by atoms with E-state index in [1.54, 1.807) is 0 Å². The van der Waals surface area contributed by atoms with Crippen LogP contribution in [0.2, 0.25) is 0 Å². The number of anilines is 2. The van der Waals surface area contributed by atoms with E-state index in [9.17, 15) is 0 Å². The fraction of sp³-hybridized carbons (Fsp3) is 0.407. The van der Waals surface area contributed by atoms with Gasteiger partial charge >= 0.3 is 0 Å². The lowest BCUT2D eigenvalue weighted by atomic mass is 10.1. The Morgan fingerprint density at radius 3 is 2.30 bits per heavy atom. The SMILES string of the molecule is Cc1nc(-c2ccc(N3CCN(C)CC3)cc2)nc(NCCCNCc2ccccc2)c1C. The molecule has 0 saturated carbocycles. The van der Waals surface area contributed by atoms with Gasteiger partial charge in [-0.2, -0.15) is 0 Å². The quantitative estimate of drug-likeness (QED) is 0.485. The molecule has 4 rings (SSSR count). The molecule has 2 N–H and O–H groups in total. The molecule has 174 valence electrons. The van der Waals surface area contributed by atoms with Crippen LogP contribution in [0.5, 0.6) is 0 Å². The Morgan fingerprint density at radius 1 is 0.848 bits per heavy atom. The van der Waals surface area contributed by atoms with Gasteiger partial charge in [-0.25, -0.2) is 9.97 Å². The second-order valence-corrected chi connectivity index (χ2v) is 8.89. The minimum atomic E-state index is 0.785. The fourth-order valence-corrected chi connectivity index (χ4v) is 4.06. The molecule has 33 heavy (non-hydrogen) atoms. The number of aryl methyl sites for hydroxylation is 1. The van der Waals surface area contributed by atoms with Crippen molar-refractivity contribution < 1.29 is 0 Å². The van der Waals surface area contributed by atoms with Crippen molar-refractivity contribution in [3.63, 3.8) is 0 Å². The average molecular weight is 445 g/mol. The minimum absolute atomic E-state index is 0.785. The number of piperazine rings is 1. The molecule has 0 atom stereocenters. The molecule has 1 aliphatic rings. The summed E-state index contributed by atoms with van der Waals surface area (Å²) in [6.07, 6.45) is 1.03. The first-order valence-corrected chi connectivity index (χ1v) is 12.0. The van der Waals surface area contributed by atoms with Gasteiger partial charge in [0.25, 0.3) is 0 Å². The van der Waals surface area contributed by atoms with Crippen molar-refractivity contribution in [1.82, 2.24) is 20.2 Å². The van der Waals surface area contributed by atoms with E-state index in [1.165, 1.54) is 11.3 Å². The Bertz CT molecular complexity index is 1010. The third-order valence-corrected chi connectivity index (χ3v) is 6.38. The number of likely N-dealkylation sites (N-methyl/N-ethyl adjacent to an activating group) is 1. The van der Waals surface area contributed by atoms with Crippen molar-refractivity contribution >= 4 is 11.5 Å². The predicted octanol–water partition coefficient (Wildman–Crippen LogP) is 4.10. The van der Waals surface area contributed by atoms with Crippen molar-refractivity contribution in [2.24, 2.45) is 0 Å². The van der Waals surface area contributed by atoms with Crippen LogP contribution in [-0.4, -0.2) is 61.2 Å². The molecule has 6 nitrogen and oxygen atoms in total. The minimum Gasteiger partial charge on any atom is -0.370 e. The van der Waals surface area contributed by atoms with Crippen LogP contribution in [0.15, 0.2) is 54.6 Å². The molecule has 0 aliphatic carbocycles. The molecular formula is C27H36N6. The fourth-order valence-electron chi connectivity index (χ4n) is 4.06. The predicted molar refractivity (Wildman–Crippen MR) is 138 cm³/mol. The highest BCUT2D eigenvalue weighted by molar-refractivity contribution is 5.63. The zero-order valence-electron chi connectivity index (χ0n) is 20.1.